The minimum Gasteiger partial charge on any atom is -0.286 e. The minimum absolute atomic E-state index is 0.111. The number of hydrogen-bond donors (Lipinski definition) is 0. The van der Waals surface area contributed by atoms with Crippen LogP contribution >= 0.6 is 34.8 Å². The van der Waals surface area contributed by atoms with E-state index in [4.69, 9.17) is 23.2 Å². The highest BCUT2D eigenvalue weighted by atomic mass is 35.5. The number of Topliss-reactive ketones (excluding diaryl/α,β-unsaturated/α-hetero) is 1. The van der Waals surface area contributed by atoms with E-state index in [1.165, 1.54) is 12.1 Å². The maximum atomic E-state index is 12.4. The summed E-state index contributed by atoms with van der Waals surface area (Å²) in [6.07, 6.45) is 0. The zero-order valence-corrected chi connectivity index (χ0v) is 8.80. The summed E-state index contributed by atoms with van der Waals surface area (Å²) in [7, 11) is 0. The molecule has 0 amide bonds. The second-order valence-electron chi connectivity index (χ2n) is 2.45. The monoisotopic (exact) mass is 258 g/mol. The molecule has 0 aliphatic carbocycles. The van der Waals surface area contributed by atoms with E-state index in [9.17, 15) is 13.6 Å². The van der Waals surface area contributed by atoms with E-state index < -0.39 is 11.2 Å². The first-order valence-electron chi connectivity index (χ1n) is 3.39. The highest BCUT2D eigenvalue weighted by Crippen LogP contribution is 2.29. The average Bonchev–Trinajstić information content (AvgIpc) is 2.06. The van der Waals surface area contributed by atoms with Gasteiger partial charge in [-0.3, -0.25) is 4.79 Å². The van der Waals surface area contributed by atoms with E-state index >= 15 is 0 Å². The number of carbonyl (C=O) groups is 1. The normalized spacial score (nSPS) is 11.5. The first kappa shape index (κ1) is 11.7. The van der Waals surface area contributed by atoms with Crippen LogP contribution in [0.25, 0.3) is 0 Å². The third-order valence-corrected chi connectivity index (χ3v) is 2.17. The Labute approximate surface area is 93.6 Å². The molecule has 14 heavy (non-hydrogen) atoms. The van der Waals surface area contributed by atoms with E-state index in [0.717, 1.165) is 6.07 Å². The zero-order chi connectivity index (χ0) is 10.9. The van der Waals surface area contributed by atoms with Gasteiger partial charge in [-0.25, -0.2) is 0 Å². The molecule has 1 nitrogen and oxygen atoms in total. The van der Waals surface area contributed by atoms with Crippen molar-refractivity contribution < 1.29 is 13.6 Å². The van der Waals surface area contributed by atoms with Crippen molar-refractivity contribution in [1.82, 2.24) is 0 Å². The summed E-state index contributed by atoms with van der Waals surface area (Å²) in [4.78, 5) is 11.0. The van der Waals surface area contributed by atoms with Gasteiger partial charge in [0, 0.05) is 10.6 Å². The van der Waals surface area contributed by atoms with Gasteiger partial charge in [-0.05, 0) is 29.8 Å². The molecule has 1 aromatic rings. The van der Waals surface area contributed by atoms with E-state index in [-0.39, 0.29) is 15.6 Å². The lowest BCUT2D eigenvalue weighted by Crippen LogP contribution is -2.21. The fourth-order valence-corrected chi connectivity index (χ4v) is 1.30. The minimum atomic E-state index is -3.96. The smallest absolute Gasteiger partial charge is 0.286 e. The van der Waals surface area contributed by atoms with Crippen molar-refractivity contribution in [3.05, 3.63) is 33.8 Å². The van der Waals surface area contributed by atoms with Crippen molar-refractivity contribution in [2.45, 2.75) is 5.38 Å². The molecule has 1 rings (SSSR count). The van der Waals surface area contributed by atoms with Gasteiger partial charge in [-0.2, -0.15) is 8.78 Å². The molecule has 0 atom stereocenters. The third-order valence-electron chi connectivity index (χ3n) is 1.43. The van der Waals surface area contributed by atoms with Crippen molar-refractivity contribution in [3.8, 4) is 0 Å². The number of carbonyl (C=O) groups excluding carboxylic acids is 1. The Kier molecular flexibility index (Phi) is 3.35. The van der Waals surface area contributed by atoms with Crippen LogP contribution in [-0.4, -0.2) is 11.2 Å². The Morgan fingerprint density at radius 3 is 2.36 bits per heavy atom. The number of benzene rings is 1. The third kappa shape index (κ3) is 2.56. The predicted molar refractivity (Wildman–Crippen MR) is 51.6 cm³/mol. The molecule has 0 aliphatic rings. The fraction of sp³-hybridized carbons (Fsp3) is 0.125. The fourth-order valence-electron chi connectivity index (χ4n) is 0.824. The molecular weight excluding hydrogens is 256 g/mol. The first-order chi connectivity index (χ1) is 6.32. The van der Waals surface area contributed by atoms with Gasteiger partial charge in [-0.1, -0.05) is 23.2 Å². The Morgan fingerprint density at radius 1 is 1.29 bits per heavy atom. The maximum Gasteiger partial charge on any atom is 0.384 e. The Balaban J connectivity index is 3.19. The van der Waals surface area contributed by atoms with Gasteiger partial charge in [0.15, 0.2) is 0 Å². The van der Waals surface area contributed by atoms with Crippen LogP contribution in [0.4, 0.5) is 8.78 Å². The molecular formula is C8H3Cl3F2O. The summed E-state index contributed by atoms with van der Waals surface area (Å²) in [6.45, 7) is 0. The van der Waals surface area contributed by atoms with Crippen LogP contribution in [0, 0.1) is 0 Å². The van der Waals surface area contributed by atoms with Crippen LogP contribution in [0.15, 0.2) is 18.2 Å². The van der Waals surface area contributed by atoms with Gasteiger partial charge in [0.2, 0.25) is 5.78 Å². The van der Waals surface area contributed by atoms with E-state index in [1.54, 1.807) is 0 Å². The van der Waals surface area contributed by atoms with E-state index in [1.807, 2.05) is 0 Å². The molecule has 76 valence electrons. The van der Waals surface area contributed by atoms with Crippen LogP contribution < -0.4 is 0 Å². The van der Waals surface area contributed by atoms with Crippen molar-refractivity contribution in [3.63, 3.8) is 0 Å². The zero-order valence-electron chi connectivity index (χ0n) is 6.53. The summed E-state index contributed by atoms with van der Waals surface area (Å²) in [5.41, 5.74) is -0.390. The SMILES string of the molecule is O=C(c1cc(Cl)ccc1Cl)C(F)(F)Cl. The molecule has 0 heterocycles. The molecule has 0 unspecified atom stereocenters. The lowest BCUT2D eigenvalue weighted by Gasteiger charge is -2.08. The first-order valence-corrected chi connectivity index (χ1v) is 4.52. The molecule has 0 N–H and O–H groups in total. The lowest BCUT2D eigenvalue weighted by atomic mass is 10.1. The van der Waals surface area contributed by atoms with Gasteiger partial charge in [0.25, 0.3) is 0 Å². The molecule has 0 fully saturated rings. The molecule has 0 spiro atoms. The summed E-state index contributed by atoms with van der Waals surface area (Å²) in [5.74, 6) is -1.56. The Hall–Kier alpha value is -0.380. The van der Waals surface area contributed by atoms with Crippen LogP contribution in [0.3, 0.4) is 0 Å². The van der Waals surface area contributed by atoms with Crippen molar-refractivity contribution in [1.29, 1.82) is 0 Å². The van der Waals surface area contributed by atoms with Crippen LogP contribution in [-0.2, 0) is 0 Å². The van der Waals surface area contributed by atoms with Gasteiger partial charge in [-0.15, -0.1) is 0 Å². The van der Waals surface area contributed by atoms with Gasteiger partial charge < -0.3 is 0 Å². The highest BCUT2D eigenvalue weighted by molar-refractivity contribution is 6.40. The number of halogens is 5. The second-order valence-corrected chi connectivity index (χ2v) is 3.77. The summed E-state index contributed by atoms with van der Waals surface area (Å²) in [6, 6.07) is 3.68. The van der Waals surface area contributed by atoms with Gasteiger partial charge >= 0.3 is 5.38 Å². The van der Waals surface area contributed by atoms with Gasteiger partial charge in [0.1, 0.15) is 0 Å². The summed E-state index contributed by atoms with van der Waals surface area (Å²) < 4.78 is 24.9. The van der Waals surface area contributed by atoms with Gasteiger partial charge in [0.05, 0.1) is 5.02 Å². The average molecular weight is 259 g/mol. The largest absolute Gasteiger partial charge is 0.384 e. The summed E-state index contributed by atoms with van der Waals surface area (Å²) >= 11 is 15.6. The van der Waals surface area contributed by atoms with Crippen molar-refractivity contribution in [2.75, 3.05) is 0 Å². The predicted octanol–water partition coefficient (Wildman–Crippen LogP) is 4.01. The van der Waals surface area contributed by atoms with Crippen LogP contribution in [0.2, 0.25) is 10.0 Å². The van der Waals surface area contributed by atoms with E-state index in [2.05, 4.69) is 11.6 Å². The number of alkyl halides is 3. The lowest BCUT2D eigenvalue weighted by molar-refractivity contribution is 0.0536. The maximum absolute atomic E-state index is 12.4. The van der Waals surface area contributed by atoms with Crippen LogP contribution in [0.5, 0.6) is 0 Å². The van der Waals surface area contributed by atoms with Crippen LogP contribution in [0.1, 0.15) is 10.4 Å². The molecule has 0 radical (unpaired) electrons. The highest BCUT2D eigenvalue weighted by Gasteiger charge is 2.37. The Morgan fingerprint density at radius 2 is 1.86 bits per heavy atom. The molecule has 0 bridgehead atoms. The molecule has 0 saturated heterocycles. The number of hydrogen-bond acceptors (Lipinski definition) is 1. The molecule has 0 saturated carbocycles. The molecule has 6 heteroatoms. The number of rotatable bonds is 2. The molecule has 0 aromatic heterocycles. The number of ketones is 1. The van der Waals surface area contributed by atoms with Crippen molar-refractivity contribution >= 4 is 40.6 Å². The molecule has 0 aliphatic heterocycles. The summed E-state index contributed by atoms with van der Waals surface area (Å²) in [5, 5.41) is -3.94. The quantitative estimate of drug-likeness (QED) is 0.579. The topological polar surface area (TPSA) is 17.1 Å². The van der Waals surface area contributed by atoms with Crippen molar-refractivity contribution in [2.24, 2.45) is 0 Å². The standard InChI is InChI=1S/C8H3Cl3F2O/c9-4-1-2-6(10)5(3-4)7(14)8(11,12)13/h1-3H. The van der Waals surface area contributed by atoms with E-state index in [0.29, 0.717) is 0 Å². The Bertz CT molecular complexity index is 373. The second kappa shape index (κ2) is 4.01. The molecule has 1 aromatic carbocycles.